The molecule has 1 atom stereocenters. The Morgan fingerprint density at radius 1 is 1.14 bits per heavy atom. The van der Waals surface area contributed by atoms with Crippen LogP contribution in [0.4, 0.5) is 14.9 Å². The molecule has 0 fully saturated rings. The van der Waals surface area contributed by atoms with Crippen LogP contribution in [0.2, 0.25) is 0 Å². The van der Waals surface area contributed by atoms with Gasteiger partial charge in [0, 0.05) is 19.3 Å². The summed E-state index contributed by atoms with van der Waals surface area (Å²) in [5.74, 6) is -0.293. The van der Waals surface area contributed by atoms with E-state index in [1.165, 1.54) is 12.1 Å². The van der Waals surface area contributed by atoms with Crippen LogP contribution >= 0.6 is 0 Å². The van der Waals surface area contributed by atoms with Crippen LogP contribution in [0.3, 0.4) is 0 Å². The normalized spacial score (nSPS) is 12.0. The van der Waals surface area contributed by atoms with Crippen molar-refractivity contribution in [2.45, 2.75) is 12.6 Å². The highest BCUT2D eigenvalue weighted by Gasteiger charge is 2.16. The van der Waals surface area contributed by atoms with E-state index >= 15 is 0 Å². The average molecular weight is 389 g/mol. The van der Waals surface area contributed by atoms with Gasteiger partial charge in [-0.25, -0.2) is 9.18 Å². The fraction of sp³-hybridized carbons (Fsp3) is 0.381. The van der Waals surface area contributed by atoms with E-state index in [9.17, 15) is 9.18 Å². The largest absolute Gasteiger partial charge is 0.382 e. The van der Waals surface area contributed by atoms with Crippen LogP contribution in [0, 0.1) is 5.82 Å². The van der Waals surface area contributed by atoms with Gasteiger partial charge in [0.25, 0.3) is 0 Å². The molecule has 0 saturated carbocycles. The zero-order chi connectivity index (χ0) is 20.4. The van der Waals surface area contributed by atoms with Crippen molar-refractivity contribution < 1.29 is 18.7 Å². The molecule has 152 valence electrons. The Labute approximate surface area is 165 Å². The van der Waals surface area contributed by atoms with Gasteiger partial charge in [-0.2, -0.15) is 0 Å². The number of benzene rings is 2. The maximum atomic E-state index is 13.5. The maximum Gasteiger partial charge on any atom is 0.319 e. The molecule has 0 bridgehead atoms. The fourth-order valence-corrected chi connectivity index (χ4v) is 2.75. The Morgan fingerprint density at radius 2 is 1.93 bits per heavy atom. The third-order valence-electron chi connectivity index (χ3n) is 4.20. The molecule has 0 aromatic heterocycles. The molecule has 28 heavy (non-hydrogen) atoms. The first kappa shape index (κ1) is 21.8. The van der Waals surface area contributed by atoms with Gasteiger partial charge < -0.3 is 25.0 Å². The Morgan fingerprint density at radius 3 is 2.64 bits per heavy atom. The molecule has 0 saturated heterocycles. The van der Waals surface area contributed by atoms with Crippen LogP contribution in [-0.4, -0.2) is 51.9 Å². The summed E-state index contributed by atoms with van der Waals surface area (Å²) in [6, 6.07) is 13.4. The molecule has 2 aromatic rings. The second kappa shape index (κ2) is 11.4. The van der Waals surface area contributed by atoms with Crippen molar-refractivity contribution in [3.63, 3.8) is 0 Å². The summed E-state index contributed by atoms with van der Waals surface area (Å²) < 4.78 is 23.9. The molecule has 0 radical (unpaired) electrons. The third kappa shape index (κ3) is 7.26. The van der Waals surface area contributed by atoms with Gasteiger partial charge in [0.15, 0.2) is 0 Å². The van der Waals surface area contributed by atoms with Crippen molar-refractivity contribution in [2.24, 2.45) is 0 Å². The maximum absolute atomic E-state index is 13.5. The van der Waals surface area contributed by atoms with Crippen LogP contribution < -0.4 is 10.6 Å². The van der Waals surface area contributed by atoms with E-state index in [2.05, 4.69) is 10.6 Å². The van der Waals surface area contributed by atoms with Crippen LogP contribution in [0.15, 0.2) is 48.5 Å². The zero-order valence-corrected chi connectivity index (χ0v) is 16.6. The fourth-order valence-electron chi connectivity index (χ4n) is 2.75. The predicted molar refractivity (Wildman–Crippen MR) is 108 cm³/mol. The minimum Gasteiger partial charge on any atom is -0.382 e. The van der Waals surface area contributed by atoms with E-state index in [4.69, 9.17) is 9.47 Å². The molecule has 0 heterocycles. The summed E-state index contributed by atoms with van der Waals surface area (Å²) in [6.07, 6.45) is 0. The second-order valence-electron chi connectivity index (χ2n) is 6.62. The van der Waals surface area contributed by atoms with Gasteiger partial charge in [-0.3, -0.25) is 0 Å². The van der Waals surface area contributed by atoms with Crippen molar-refractivity contribution in [2.75, 3.05) is 46.3 Å². The topological polar surface area (TPSA) is 62.8 Å². The quantitative estimate of drug-likeness (QED) is 0.612. The first-order valence-corrected chi connectivity index (χ1v) is 9.12. The summed E-state index contributed by atoms with van der Waals surface area (Å²) in [6.45, 7) is 1.85. The predicted octanol–water partition coefficient (Wildman–Crippen LogP) is 3.41. The summed E-state index contributed by atoms with van der Waals surface area (Å²) in [5.41, 5.74) is 2.44. The van der Waals surface area contributed by atoms with Gasteiger partial charge in [-0.15, -0.1) is 0 Å². The summed E-state index contributed by atoms with van der Waals surface area (Å²) in [7, 11) is 5.41. The number of hydrogen-bond acceptors (Lipinski definition) is 4. The SMILES string of the molecule is COCCOCc1cccc(NC(=O)NCC(c2cccc(F)c2)N(C)C)c1. The number of amides is 2. The Kier molecular flexibility index (Phi) is 8.87. The molecule has 0 aliphatic carbocycles. The van der Waals surface area contributed by atoms with Crippen molar-refractivity contribution >= 4 is 11.7 Å². The van der Waals surface area contributed by atoms with E-state index in [-0.39, 0.29) is 17.9 Å². The summed E-state index contributed by atoms with van der Waals surface area (Å²) >= 11 is 0. The van der Waals surface area contributed by atoms with Crippen LogP contribution in [0.5, 0.6) is 0 Å². The molecule has 2 N–H and O–H groups in total. The first-order valence-electron chi connectivity index (χ1n) is 9.12. The van der Waals surface area contributed by atoms with Crippen LogP contribution in [0.1, 0.15) is 17.2 Å². The lowest BCUT2D eigenvalue weighted by Gasteiger charge is -2.25. The second-order valence-corrected chi connectivity index (χ2v) is 6.62. The highest BCUT2D eigenvalue weighted by molar-refractivity contribution is 5.89. The Hall–Kier alpha value is -2.48. The number of carbonyl (C=O) groups is 1. The molecular weight excluding hydrogens is 361 g/mol. The molecule has 6 nitrogen and oxygen atoms in total. The number of halogens is 1. The lowest BCUT2D eigenvalue weighted by Crippen LogP contribution is -2.36. The lowest BCUT2D eigenvalue weighted by atomic mass is 10.1. The Bertz CT molecular complexity index is 755. The van der Waals surface area contributed by atoms with Crippen LogP contribution in [0.25, 0.3) is 0 Å². The van der Waals surface area contributed by atoms with Crippen LogP contribution in [-0.2, 0) is 16.1 Å². The molecular formula is C21H28FN3O3. The van der Waals surface area contributed by atoms with Crippen molar-refractivity contribution in [3.05, 3.63) is 65.5 Å². The molecule has 7 heteroatoms. The number of hydrogen-bond donors (Lipinski definition) is 2. The van der Waals surface area contributed by atoms with Gasteiger partial charge >= 0.3 is 6.03 Å². The minimum absolute atomic E-state index is 0.137. The van der Waals surface area contributed by atoms with Gasteiger partial charge in [0.05, 0.1) is 25.9 Å². The molecule has 2 amide bonds. The standard InChI is InChI=1S/C21H28FN3O3/c1-25(2)20(17-7-5-8-18(22)13-17)14-23-21(26)24-19-9-4-6-16(12-19)15-28-11-10-27-3/h4-9,12-13,20H,10-11,14-15H2,1-3H3,(H2,23,24,26). The monoisotopic (exact) mass is 389 g/mol. The van der Waals surface area contributed by atoms with Gasteiger partial charge in [0.1, 0.15) is 5.82 Å². The molecule has 0 aliphatic heterocycles. The molecule has 0 spiro atoms. The number of carbonyl (C=O) groups excluding carboxylic acids is 1. The number of rotatable bonds is 10. The van der Waals surface area contributed by atoms with Gasteiger partial charge in [-0.1, -0.05) is 24.3 Å². The van der Waals surface area contributed by atoms with E-state index in [0.717, 1.165) is 11.1 Å². The van der Waals surface area contributed by atoms with Crippen molar-refractivity contribution in [3.8, 4) is 0 Å². The van der Waals surface area contributed by atoms with Crippen molar-refractivity contribution in [1.29, 1.82) is 0 Å². The highest BCUT2D eigenvalue weighted by Crippen LogP contribution is 2.18. The van der Waals surface area contributed by atoms with Crippen molar-refractivity contribution in [1.82, 2.24) is 10.2 Å². The van der Waals surface area contributed by atoms with Gasteiger partial charge in [0.2, 0.25) is 0 Å². The van der Waals surface area contributed by atoms with Gasteiger partial charge in [-0.05, 0) is 49.5 Å². The Balaban J connectivity index is 1.88. The average Bonchev–Trinajstić information content (AvgIpc) is 2.65. The third-order valence-corrected chi connectivity index (χ3v) is 4.20. The molecule has 2 aromatic carbocycles. The molecule has 1 unspecified atom stereocenters. The summed E-state index contributed by atoms with van der Waals surface area (Å²) in [5, 5.41) is 5.67. The highest BCUT2D eigenvalue weighted by atomic mass is 19.1. The number of methoxy groups -OCH3 is 1. The van der Waals surface area contributed by atoms with E-state index in [1.54, 1.807) is 13.2 Å². The molecule has 2 rings (SSSR count). The number of likely N-dealkylation sites (N-methyl/N-ethyl adjacent to an activating group) is 1. The zero-order valence-electron chi connectivity index (χ0n) is 16.6. The van der Waals surface area contributed by atoms with E-state index < -0.39 is 0 Å². The number of anilines is 1. The summed E-state index contributed by atoms with van der Waals surface area (Å²) in [4.78, 5) is 14.2. The van der Waals surface area contributed by atoms with E-state index in [1.807, 2.05) is 49.3 Å². The number of ether oxygens (including phenoxy) is 2. The van der Waals surface area contributed by atoms with E-state index in [0.29, 0.717) is 32.1 Å². The lowest BCUT2D eigenvalue weighted by molar-refractivity contribution is 0.0617. The number of nitrogens with one attached hydrogen (secondary N) is 2. The number of nitrogens with zero attached hydrogens (tertiary/aromatic N) is 1. The molecule has 0 aliphatic rings. The first-order chi connectivity index (χ1) is 13.5. The number of urea groups is 1. The smallest absolute Gasteiger partial charge is 0.319 e. The minimum atomic E-state index is -0.319.